The second-order valence-corrected chi connectivity index (χ2v) is 6.76. The zero-order valence-corrected chi connectivity index (χ0v) is 14.9. The van der Waals surface area contributed by atoms with Crippen LogP contribution in [0, 0.1) is 5.92 Å². The van der Waals surface area contributed by atoms with Gasteiger partial charge in [0.2, 0.25) is 0 Å². The molecular formula is C17H38N2O. The molecule has 0 saturated carbocycles. The Bertz CT molecular complexity index is 209. The SMILES string of the molecule is CCCC(CNCC(C)C)OCCN(C(C)C)C(C)C. The number of hydrogen-bond donors (Lipinski definition) is 1. The third-order valence-electron chi connectivity index (χ3n) is 3.56. The lowest BCUT2D eigenvalue weighted by Gasteiger charge is -2.31. The van der Waals surface area contributed by atoms with Crippen molar-refractivity contribution in [3.05, 3.63) is 0 Å². The van der Waals surface area contributed by atoms with Crippen molar-refractivity contribution in [2.45, 2.75) is 79.5 Å². The van der Waals surface area contributed by atoms with E-state index in [1.165, 1.54) is 6.42 Å². The van der Waals surface area contributed by atoms with E-state index in [0.29, 0.717) is 24.1 Å². The predicted molar refractivity (Wildman–Crippen MR) is 89.3 cm³/mol. The molecule has 20 heavy (non-hydrogen) atoms. The highest BCUT2D eigenvalue weighted by Crippen LogP contribution is 2.06. The second-order valence-electron chi connectivity index (χ2n) is 6.76. The van der Waals surface area contributed by atoms with Crippen LogP contribution in [0.2, 0.25) is 0 Å². The minimum Gasteiger partial charge on any atom is -0.376 e. The Morgan fingerprint density at radius 3 is 2.00 bits per heavy atom. The summed E-state index contributed by atoms with van der Waals surface area (Å²) in [6.45, 7) is 19.7. The van der Waals surface area contributed by atoms with Crippen LogP contribution in [0.25, 0.3) is 0 Å². The molecular weight excluding hydrogens is 248 g/mol. The molecule has 0 aromatic heterocycles. The van der Waals surface area contributed by atoms with Crippen LogP contribution >= 0.6 is 0 Å². The molecule has 1 unspecified atom stereocenters. The molecule has 0 fully saturated rings. The molecule has 1 atom stereocenters. The summed E-state index contributed by atoms with van der Waals surface area (Å²) >= 11 is 0. The number of ether oxygens (including phenoxy) is 1. The van der Waals surface area contributed by atoms with Crippen molar-refractivity contribution in [1.82, 2.24) is 10.2 Å². The fourth-order valence-electron chi connectivity index (χ4n) is 2.54. The molecule has 0 amide bonds. The summed E-state index contributed by atoms with van der Waals surface area (Å²) in [4.78, 5) is 2.49. The molecule has 0 radical (unpaired) electrons. The summed E-state index contributed by atoms with van der Waals surface area (Å²) in [5.41, 5.74) is 0. The molecule has 1 N–H and O–H groups in total. The van der Waals surface area contributed by atoms with Gasteiger partial charge in [0.05, 0.1) is 12.7 Å². The molecule has 3 nitrogen and oxygen atoms in total. The van der Waals surface area contributed by atoms with E-state index in [0.717, 1.165) is 32.7 Å². The van der Waals surface area contributed by atoms with Gasteiger partial charge in [-0.2, -0.15) is 0 Å². The molecule has 0 aliphatic heterocycles. The topological polar surface area (TPSA) is 24.5 Å². The molecule has 0 saturated heterocycles. The highest BCUT2D eigenvalue weighted by Gasteiger charge is 2.14. The average molecular weight is 287 g/mol. The second kappa shape index (κ2) is 11.5. The normalized spacial score (nSPS) is 13.9. The third kappa shape index (κ3) is 9.73. The van der Waals surface area contributed by atoms with Crippen LogP contribution in [0.15, 0.2) is 0 Å². The number of nitrogens with one attached hydrogen (secondary N) is 1. The zero-order chi connectivity index (χ0) is 15.5. The quantitative estimate of drug-likeness (QED) is 0.594. The molecule has 122 valence electrons. The minimum absolute atomic E-state index is 0.361. The molecule has 0 heterocycles. The Morgan fingerprint density at radius 1 is 0.950 bits per heavy atom. The van der Waals surface area contributed by atoms with Gasteiger partial charge in [0.1, 0.15) is 0 Å². The highest BCUT2D eigenvalue weighted by atomic mass is 16.5. The first-order valence-corrected chi connectivity index (χ1v) is 8.46. The summed E-state index contributed by atoms with van der Waals surface area (Å²) < 4.78 is 6.09. The lowest BCUT2D eigenvalue weighted by atomic mass is 10.2. The van der Waals surface area contributed by atoms with Crippen LogP contribution in [0.3, 0.4) is 0 Å². The van der Waals surface area contributed by atoms with Crippen LogP contribution in [0.4, 0.5) is 0 Å². The lowest BCUT2D eigenvalue weighted by Crippen LogP contribution is -2.40. The van der Waals surface area contributed by atoms with E-state index in [2.05, 4.69) is 58.7 Å². The van der Waals surface area contributed by atoms with Gasteiger partial charge >= 0.3 is 0 Å². The molecule has 0 aromatic rings. The number of nitrogens with zero attached hydrogens (tertiary/aromatic N) is 1. The van der Waals surface area contributed by atoms with Crippen LogP contribution in [-0.4, -0.2) is 49.3 Å². The van der Waals surface area contributed by atoms with Gasteiger partial charge in [-0.05, 0) is 46.6 Å². The van der Waals surface area contributed by atoms with Gasteiger partial charge < -0.3 is 10.1 Å². The minimum atomic E-state index is 0.361. The Kier molecular flexibility index (Phi) is 11.5. The Hall–Kier alpha value is -0.120. The zero-order valence-electron chi connectivity index (χ0n) is 14.9. The Morgan fingerprint density at radius 2 is 1.55 bits per heavy atom. The largest absolute Gasteiger partial charge is 0.376 e. The maximum atomic E-state index is 6.09. The standard InChI is InChI=1S/C17H38N2O/c1-8-9-17(13-18-12-14(2)3)20-11-10-19(15(4)5)16(6)7/h14-18H,8-13H2,1-7H3. The van der Waals surface area contributed by atoms with Gasteiger partial charge in [-0.15, -0.1) is 0 Å². The van der Waals surface area contributed by atoms with Gasteiger partial charge in [-0.3, -0.25) is 4.90 Å². The first-order valence-electron chi connectivity index (χ1n) is 8.46. The summed E-state index contributed by atoms with van der Waals surface area (Å²) in [7, 11) is 0. The van der Waals surface area contributed by atoms with Crippen molar-refractivity contribution in [1.29, 1.82) is 0 Å². The molecule has 0 aliphatic rings. The fraction of sp³-hybridized carbons (Fsp3) is 1.00. The van der Waals surface area contributed by atoms with E-state index in [1.54, 1.807) is 0 Å². The van der Waals surface area contributed by atoms with Gasteiger partial charge in [-0.1, -0.05) is 27.2 Å². The number of hydrogen-bond acceptors (Lipinski definition) is 3. The van der Waals surface area contributed by atoms with E-state index in [9.17, 15) is 0 Å². The summed E-state index contributed by atoms with van der Waals surface area (Å²) in [5.74, 6) is 0.703. The third-order valence-corrected chi connectivity index (χ3v) is 3.56. The van der Waals surface area contributed by atoms with E-state index in [1.807, 2.05) is 0 Å². The van der Waals surface area contributed by atoms with Crippen LogP contribution in [0.5, 0.6) is 0 Å². The van der Waals surface area contributed by atoms with Crippen molar-refractivity contribution in [2.24, 2.45) is 5.92 Å². The molecule has 0 aliphatic carbocycles. The molecule has 3 heteroatoms. The van der Waals surface area contributed by atoms with Crippen molar-refractivity contribution >= 4 is 0 Å². The molecule has 0 spiro atoms. The van der Waals surface area contributed by atoms with Crippen LogP contribution in [0.1, 0.15) is 61.3 Å². The van der Waals surface area contributed by atoms with Crippen LogP contribution < -0.4 is 5.32 Å². The van der Waals surface area contributed by atoms with Crippen molar-refractivity contribution in [3.63, 3.8) is 0 Å². The van der Waals surface area contributed by atoms with E-state index >= 15 is 0 Å². The summed E-state index contributed by atoms with van der Waals surface area (Å²) in [6, 6.07) is 1.17. The van der Waals surface area contributed by atoms with Crippen molar-refractivity contribution in [3.8, 4) is 0 Å². The first kappa shape index (κ1) is 19.9. The van der Waals surface area contributed by atoms with Crippen molar-refractivity contribution < 1.29 is 4.74 Å². The van der Waals surface area contributed by atoms with E-state index in [4.69, 9.17) is 4.74 Å². The smallest absolute Gasteiger partial charge is 0.0700 e. The van der Waals surface area contributed by atoms with Gasteiger partial charge in [0.15, 0.2) is 0 Å². The fourth-order valence-corrected chi connectivity index (χ4v) is 2.54. The van der Waals surface area contributed by atoms with Gasteiger partial charge in [0, 0.05) is 25.2 Å². The lowest BCUT2D eigenvalue weighted by molar-refractivity contribution is 0.0210. The van der Waals surface area contributed by atoms with Gasteiger partial charge in [-0.25, -0.2) is 0 Å². The van der Waals surface area contributed by atoms with E-state index in [-0.39, 0.29) is 0 Å². The summed E-state index contributed by atoms with van der Waals surface area (Å²) in [5, 5.41) is 3.51. The monoisotopic (exact) mass is 286 g/mol. The maximum Gasteiger partial charge on any atom is 0.0700 e. The van der Waals surface area contributed by atoms with Crippen molar-refractivity contribution in [2.75, 3.05) is 26.2 Å². The number of rotatable bonds is 12. The molecule has 0 rings (SSSR count). The van der Waals surface area contributed by atoms with Gasteiger partial charge in [0.25, 0.3) is 0 Å². The van der Waals surface area contributed by atoms with E-state index < -0.39 is 0 Å². The predicted octanol–water partition coefficient (Wildman–Crippen LogP) is 3.54. The Balaban J connectivity index is 4.00. The maximum absolute atomic E-state index is 6.09. The molecule has 0 bridgehead atoms. The average Bonchev–Trinajstić information content (AvgIpc) is 2.32. The van der Waals surface area contributed by atoms with Crippen LogP contribution in [-0.2, 0) is 4.74 Å². The summed E-state index contributed by atoms with van der Waals surface area (Å²) in [6.07, 6.45) is 2.69. The Labute approximate surface area is 127 Å². The highest BCUT2D eigenvalue weighted by molar-refractivity contribution is 4.68. The molecule has 0 aromatic carbocycles. The first-order chi connectivity index (χ1) is 9.38.